The van der Waals surface area contributed by atoms with Gasteiger partial charge in [-0.25, -0.2) is 0 Å². The van der Waals surface area contributed by atoms with Gasteiger partial charge >= 0.3 is 23.9 Å². The van der Waals surface area contributed by atoms with Crippen molar-refractivity contribution in [3.05, 3.63) is 35.4 Å². The van der Waals surface area contributed by atoms with Crippen molar-refractivity contribution in [1.29, 1.82) is 0 Å². The van der Waals surface area contributed by atoms with Gasteiger partial charge in [0.15, 0.2) is 0 Å². The quantitative estimate of drug-likeness (QED) is 0.548. The molecule has 1 aliphatic carbocycles. The summed E-state index contributed by atoms with van der Waals surface area (Å²) in [6, 6.07) is 5.89. The summed E-state index contributed by atoms with van der Waals surface area (Å²) in [5.41, 5.74) is 0.855. The third-order valence-electron chi connectivity index (χ3n) is 3.05. The molecule has 0 aliphatic heterocycles. The molecule has 0 spiro atoms. The Labute approximate surface area is 117 Å². The second-order valence-electron chi connectivity index (χ2n) is 4.55. The molecule has 1 aliphatic rings. The maximum atomic E-state index is 13.1. The first kappa shape index (κ1) is 16.5. The molecule has 0 radical (unpaired) electrons. The topological polar surface area (TPSA) is 0 Å². The zero-order valence-electron chi connectivity index (χ0n) is 10.3. The molecule has 9 heteroatoms. The van der Waals surface area contributed by atoms with Crippen LogP contribution in [-0.2, 0) is 0 Å². The van der Waals surface area contributed by atoms with Gasteiger partial charge in [0.05, 0.1) is 5.92 Å². The van der Waals surface area contributed by atoms with Crippen molar-refractivity contribution in [3.8, 4) is 11.8 Å². The number of rotatable bonds is 2. The second kappa shape index (κ2) is 4.57. The molecule has 0 amide bonds. The summed E-state index contributed by atoms with van der Waals surface area (Å²) in [6.45, 7) is 0. The highest BCUT2D eigenvalue weighted by molar-refractivity contribution is 5.58. The average molecular weight is 332 g/mol. The lowest BCUT2D eigenvalue weighted by Gasteiger charge is -2.31. The lowest BCUT2D eigenvalue weighted by Crippen LogP contribution is -2.60. The normalized spacial score (nSPS) is 15.9. The van der Waals surface area contributed by atoms with E-state index >= 15 is 0 Å². The van der Waals surface area contributed by atoms with Gasteiger partial charge in [-0.15, -0.1) is 0 Å². The van der Waals surface area contributed by atoms with Crippen LogP contribution in [0.25, 0.3) is 0 Å². The van der Waals surface area contributed by atoms with Crippen molar-refractivity contribution in [2.75, 3.05) is 0 Å². The molecule has 0 N–H and O–H groups in total. The fourth-order valence-corrected chi connectivity index (χ4v) is 1.73. The van der Waals surface area contributed by atoms with Crippen molar-refractivity contribution in [2.24, 2.45) is 0 Å². The largest absolute Gasteiger partial charge is 0.460 e. The van der Waals surface area contributed by atoms with Gasteiger partial charge in [0.2, 0.25) is 0 Å². The van der Waals surface area contributed by atoms with Crippen molar-refractivity contribution < 1.29 is 39.5 Å². The molecule has 22 heavy (non-hydrogen) atoms. The highest BCUT2D eigenvalue weighted by atomic mass is 19.4. The zero-order chi connectivity index (χ0) is 17.0. The standard InChI is InChI=1S/C13H5F9/c14-10(15,11(16,17)12(18,19)13(20,21)22)6-5-9-7-3-1-2-4-8(7)9/h1-4,9H. The van der Waals surface area contributed by atoms with Crippen LogP contribution in [0.3, 0.4) is 0 Å². The molecule has 1 aromatic carbocycles. The molecular formula is C13H5F9. The van der Waals surface area contributed by atoms with E-state index in [9.17, 15) is 39.5 Å². The van der Waals surface area contributed by atoms with Gasteiger partial charge in [0.1, 0.15) is 0 Å². The van der Waals surface area contributed by atoms with E-state index in [1.54, 1.807) is 5.92 Å². The second-order valence-corrected chi connectivity index (χ2v) is 4.55. The Balaban J connectivity index is 2.28. The summed E-state index contributed by atoms with van der Waals surface area (Å²) in [4.78, 5) is 0. The van der Waals surface area contributed by atoms with Gasteiger partial charge in [-0.1, -0.05) is 30.2 Å². The van der Waals surface area contributed by atoms with Crippen molar-refractivity contribution in [2.45, 2.75) is 29.9 Å². The van der Waals surface area contributed by atoms with Crippen LogP contribution in [0.2, 0.25) is 0 Å². The SMILES string of the molecule is FC(F)(F)C(F)(F)C(F)(F)C(F)(F)C#CC1c2ccccc21. The summed E-state index contributed by atoms with van der Waals surface area (Å²) < 4.78 is 113. The van der Waals surface area contributed by atoms with Crippen molar-refractivity contribution in [3.63, 3.8) is 0 Å². The molecule has 120 valence electrons. The van der Waals surface area contributed by atoms with E-state index in [2.05, 4.69) is 0 Å². The molecule has 1 aromatic rings. The molecule has 0 heterocycles. The first-order valence-electron chi connectivity index (χ1n) is 5.64. The minimum atomic E-state index is -6.91. The Hall–Kier alpha value is -1.85. The first-order chi connectivity index (χ1) is 9.83. The van der Waals surface area contributed by atoms with E-state index in [-0.39, 0.29) is 0 Å². The molecule has 0 aromatic heterocycles. The predicted molar refractivity (Wildman–Crippen MR) is 57.0 cm³/mol. The van der Waals surface area contributed by atoms with Gasteiger partial charge in [-0.05, 0) is 17.0 Å². The lowest BCUT2D eigenvalue weighted by molar-refractivity contribution is -0.386. The minimum Gasteiger partial charge on any atom is -0.191 e. The highest BCUT2D eigenvalue weighted by Crippen LogP contribution is 2.53. The van der Waals surface area contributed by atoms with Gasteiger partial charge in [0.25, 0.3) is 0 Å². The Morgan fingerprint density at radius 1 is 0.727 bits per heavy atom. The summed E-state index contributed by atoms with van der Waals surface area (Å²) in [7, 11) is 0. The van der Waals surface area contributed by atoms with E-state index in [1.165, 1.54) is 24.3 Å². The summed E-state index contributed by atoms with van der Waals surface area (Å²) in [5, 5.41) is 0. The number of fused-ring (bicyclic) bond motifs is 1. The van der Waals surface area contributed by atoms with E-state index in [0.29, 0.717) is 17.0 Å². The molecule has 2 rings (SSSR count). The summed E-state index contributed by atoms with van der Waals surface area (Å²) in [5.74, 6) is -18.2. The molecular weight excluding hydrogens is 327 g/mol. The summed E-state index contributed by atoms with van der Waals surface area (Å²) >= 11 is 0. The van der Waals surface area contributed by atoms with Crippen LogP contribution in [-0.4, -0.2) is 23.9 Å². The Kier molecular flexibility index (Phi) is 3.43. The molecule has 0 fully saturated rings. The number of hydrogen-bond acceptors (Lipinski definition) is 0. The molecule has 0 nitrogen and oxygen atoms in total. The average Bonchev–Trinajstić information content (AvgIpc) is 3.08. The molecule has 0 bridgehead atoms. The number of hydrogen-bond donors (Lipinski definition) is 0. The number of halogens is 9. The third-order valence-corrected chi connectivity index (χ3v) is 3.05. The van der Waals surface area contributed by atoms with Gasteiger partial charge in [-0.3, -0.25) is 0 Å². The van der Waals surface area contributed by atoms with Crippen LogP contribution in [0.5, 0.6) is 0 Å². The van der Waals surface area contributed by atoms with Crippen LogP contribution in [0.4, 0.5) is 39.5 Å². The minimum absolute atomic E-state index is 0.427. The smallest absolute Gasteiger partial charge is 0.191 e. The van der Waals surface area contributed by atoms with E-state index in [1.807, 2.05) is 0 Å². The molecule has 0 saturated heterocycles. The Morgan fingerprint density at radius 3 is 1.59 bits per heavy atom. The van der Waals surface area contributed by atoms with E-state index in [4.69, 9.17) is 0 Å². The highest BCUT2D eigenvalue weighted by Gasteiger charge is 2.81. The van der Waals surface area contributed by atoms with Crippen LogP contribution >= 0.6 is 0 Å². The molecule has 0 saturated carbocycles. The van der Waals surface area contributed by atoms with Gasteiger partial charge in [-0.2, -0.15) is 39.5 Å². The maximum absolute atomic E-state index is 13.1. The summed E-state index contributed by atoms with van der Waals surface area (Å²) in [6.07, 6.45) is -6.83. The monoisotopic (exact) mass is 332 g/mol. The number of alkyl halides is 9. The zero-order valence-corrected chi connectivity index (χ0v) is 10.3. The fraction of sp³-hybridized carbons (Fsp3) is 0.385. The lowest BCUT2D eigenvalue weighted by atomic mass is 10.0. The van der Waals surface area contributed by atoms with E-state index < -0.39 is 29.9 Å². The third kappa shape index (κ3) is 2.30. The predicted octanol–water partition coefficient (Wildman–Crippen LogP) is 4.60. The fourth-order valence-electron chi connectivity index (χ4n) is 1.73. The van der Waals surface area contributed by atoms with Crippen molar-refractivity contribution in [1.82, 2.24) is 0 Å². The molecule has 0 atom stereocenters. The van der Waals surface area contributed by atoms with Gasteiger partial charge in [0, 0.05) is 0 Å². The Morgan fingerprint density at radius 2 is 1.18 bits per heavy atom. The van der Waals surface area contributed by atoms with Crippen LogP contribution in [0, 0.1) is 11.8 Å². The first-order valence-corrected chi connectivity index (χ1v) is 5.64. The van der Waals surface area contributed by atoms with Crippen LogP contribution in [0.15, 0.2) is 24.3 Å². The van der Waals surface area contributed by atoms with Crippen LogP contribution in [0.1, 0.15) is 17.0 Å². The Bertz CT molecular complexity index is 622. The van der Waals surface area contributed by atoms with Crippen molar-refractivity contribution >= 4 is 0 Å². The van der Waals surface area contributed by atoms with Gasteiger partial charge < -0.3 is 0 Å². The van der Waals surface area contributed by atoms with E-state index in [0.717, 1.165) is 0 Å². The van der Waals surface area contributed by atoms with Crippen LogP contribution < -0.4 is 0 Å². The number of benzene rings is 1. The molecule has 0 unspecified atom stereocenters. The maximum Gasteiger partial charge on any atom is 0.460 e.